The zero-order valence-electron chi connectivity index (χ0n) is 9.96. The van der Waals surface area contributed by atoms with Crippen molar-refractivity contribution in [2.45, 2.75) is 26.2 Å². The molecule has 2 rings (SSSR count). The van der Waals surface area contributed by atoms with Gasteiger partial charge >= 0.3 is 0 Å². The van der Waals surface area contributed by atoms with Crippen molar-refractivity contribution in [3.63, 3.8) is 0 Å². The fourth-order valence-electron chi connectivity index (χ4n) is 2.52. The van der Waals surface area contributed by atoms with E-state index in [2.05, 4.69) is 17.2 Å². The van der Waals surface area contributed by atoms with Crippen LogP contribution in [0.5, 0.6) is 0 Å². The minimum absolute atomic E-state index is 0.333. The van der Waals surface area contributed by atoms with Gasteiger partial charge in [-0.1, -0.05) is 18.5 Å². The first-order valence-corrected chi connectivity index (χ1v) is 6.26. The van der Waals surface area contributed by atoms with Crippen LogP contribution in [0.4, 0.5) is 0 Å². The van der Waals surface area contributed by atoms with Gasteiger partial charge in [0.15, 0.2) is 0 Å². The van der Waals surface area contributed by atoms with Gasteiger partial charge in [-0.2, -0.15) is 0 Å². The third-order valence-electron chi connectivity index (χ3n) is 3.59. The van der Waals surface area contributed by atoms with E-state index in [4.69, 9.17) is 11.6 Å². The molecule has 0 spiro atoms. The van der Waals surface area contributed by atoms with Crippen LogP contribution in [0.1, 0.15) is 25.3 Å². The molecule has 88 valence electrons. The Morgan fingerprint density at radius 3 is 2.88 bits per heavy atom. The Labute approximate surface area is 102 Å². The summed E-state index contributed by atoms with van der Waals surface area (Å²) in [6.45, 7) is 3.41. The molecule has 1 aliphatic carbocycles. The van der Waals surface area contributed by atoms with Gasteiger partial charge < -0.3 is 5.32 Å². The summed E-state index contributed by atoms with van der Waals surface area (Å²) in [6, 6.07) is 2.04. The van der Waals surface area contributed by atoms with Crippen LogP contribution < -0.4 is 5.32 Å². The summed E-state index contributed by atoms with van der Waals surface area (Å²) in [5.74, 6) is 0.851. The topological polar surface area (TPSA) is 24.9 Å². The Morgan fingerprint density at radius 1 is 1.56 bits per heavy atom. The number of nitrogens with zero attached hydrogens (tertiary/aromatic N) is 1. The van der Waals surface area contributed by atoms with Crippen LogP contribution in [0.25, 0.3) is 0 Å². The van der Waals surface area contributed by atoms with Gasteiger partial charge in [0.05, 0.1) is 5.02 Å². The highest BCUT2D eigenvalue weighted by Gasteiger charge is 2.41. The summed E-state index contributed by atoms with van der Waals surface area (Å²) in [7, 11) is 2.02. The van der Waals surface area contributed by atoms with Gasteiger partial charge in [-0.3, -0.25) is 4.98 Å². The van der Waals surface area contributed by atoms with E-state index in [-0.39, 0.29) is 0 Å². The number of pyridine rings is 1. The molecule has 1 aliphatic rings. The molecule has 0 bridgehead atoms. The van der Waals surface area contributed by atoms with Crippen molar-refractivity contribution in [1.29, 1.82) is 0 Å². The van der Waals surface area contributed by atoms with Gasteiger partial charge in [0.25, 0.3) is 0 Å². The van der Waals surface area contributed by atoms with Crippen molar-refractivity contribution in [2.24, 2.45) is 11.3 Å². The first-order valence-electron chi connectivity index (χ1n) is 5.89. The molecule has 1 aromatic rings. The predicted molar refractivity (Wildman–Crippen MR) is 67.7 cm³/mol. The first kappa shape index (κ1) is 11.9. The van der Waals surface area contributed by atoms with E-state index in [1.807, 2.05) is 19.3 Å². The highest BCUT2D eigenvalue weighted by molar-refractivity contribution is 6.31. The molecule has 0 aliphatic heterocycles. The molecule has 0 saturated heterocycles. The molecule has 1 heterocycles. The molecule has 1 aromatic heterocycles. The number of halogens is 1. The summed E-state index contributed by atoms with van der Waals surface area (Å²) in [5, 5.41) is 4.11. The maximum atomic E-state index is 6.17. The third kappa shape index (κ3) is 2.55. The first-order chi connectivity index (χ1) is 7.65. The zero-order valence-corrected chi connectivity index (χ0v) is 10.7. The van der Waals surface area contributed by atoms with Gasteiger partial charge in [0.1, 0.15) is 0 Å². The third-order valence-corrected chi connectivity index (χ3v) is 3.93. The fourth-order valence-corrected chi connectivity index (χ4v) is 2.70. The summed E-state index contributed by atoms with van der Waals surface area (Å²) in [4.78, 5) is 4.03. The fraction of sp³-hybridized carbons (Fsp3) is 0.615. The van der Waals surface area contributed by atoms with Crippen LogP contribution in [-0.2, 0) is 6.42 Å². The molecule has 1 saturated carbocycles. The lowest BCUT2D eigenvalue weighted by atomic mass is 9.79. The number of rotatable bonds is 5. The van der Waals surface area contributed by atoms with Gasteiger partial charge in [-0.25, -0.2) is 0 Å². The zero-order chi connectivity index (χ0) is 11.6. The highest BCUT2D eigenvalue weighted by Crippen LogP contribution is 2.47. The van der Waals surface area contributed by atoms with Crippen molar-refractivity contribution in [3.8, 4) is 0 Å². The number of nitrogens with one attached hydrogen (secondary N) is 1. The molecule has 2 nitrogen and oxygen atoms in total. The lowest BCUT2D eigenvalue weighted by Crippen LogP contribution is -2.34. The monoisotopic (exact) mass is 238 g/mol. The van der Waals surface area contributed by atoms with E-state index >= 15 is 0 Å². The molecule has 1 fully saturated rings. The van der Waals surface area contributed by atoms with E-state index in [1.165, 1.54) is 18.4 Å². The molecule has 0 aromatic carbocycles. The molecule has 16 heavy (non-hydrogen) atoms. The largest absolute Gasteiger partial charge is 0.319 e. The second kappa shape index (κ2) is 4.72. The molecular formula is C13H19ClN2. The number of aromatic nitrogens is 1. The van der Waals surface area contributed by atoms with Crippen molar-refractivity contribution in [3.05, 3.63) is 29.0 Å². The lowest BCUT2D eigenvalue weighted by Gasteiger charge is -2.30. The smallest absolute Gasteiger partial charge is 0.0621 e. The molecule has 1 N–H and O–H groups in total. The van der Waals surface area contributed by atoms with Gasteiger partial charge in [0.2, 0.25) is 0 Å². The second-order valence-corrected chi connectivity index (χ2v) is 5.51. The Balaban J connectivity index is 2.14. The second-order valence-electron chi connectivity index (χ2n) is 5.10. The van der Waals surface area contributed by atoms with Crippen LogP contribution in [0.2, 0.25) is 5.02 Å². The SMILES string of the molecule is CNCC(C)(Cc1ccncc1Cl)C1CC1. The van der Waals surface area contributed by atoms with Crippen molar-refractivity contribution < 1.29 is 0 Å². The van der Waals surface area contributed by atoms with E-state index < -0.39 is 0 Å². The Hall–Kier alpha value is -0.600. The Morgan fingerprint density at radius 2 is 2.31 bits per heavy atom. The van der Waals surface area contributed by atoms with Gasteiger partial charge in [-0.15, -0.1) is 0 Å². The van der Waals surface area contributed by atoms with Crippen molar-refractivity contribution in [2.75, 3.05) is 13.6 Å². The van der Waals surface area contributed by atoms with E-state index in [0.717, 1.165) is 23.9 Å². The van der Waals surface area contributed by atoms with Crippen LogP contribution in [0.3, 0.4) is 0 Å². The number of hydrogen-bond donors (Lipinski definition) is 1. The number of hydrogen-bond acceptors (Lipinski definition) is 2. The average Bonchev–Trinajstić information content (AvgIpc) is 3.05. The molecule has 1 unspecified atom stereocenters. The minimum Gasteiger partial charge on any atom is -0.319 e. The molecule has 1 atom stereocenters. The average molecular weight is 239 g/mol. The molecule has 3 heteroatoms. The van der Waals surface area contributed by atoms with E-state index in [0.29, 0.717) is 5.41 Å². The van der Waals surface area contributed by atoms with Crippen molar-refractivity contribution in [1.82, 2.24) is 10.3 Å². The summed E-state index contributed by atoms with van der Waals surface area (Å²) >= 11 is 6.17. The van der Waals surface area contributed by atoms with Crippen LogP contribution in [0.15, 0.2) is 18.5 Å². The van der Waals surface area contributed by atoms with Crippen LogP contribution in [0, 0.1) is 11.3 Å². The lowest BCUT2D eigenvalue weighted by molar-refractivity contribution is 0.263. The highest BCUT2D eigenvalue weighted by atomic mass is 35.5. The summed E-state index contributed by atoms with van der Waals surface area (Å²) in [6.07, 6.45) is 7.33. The maximum Gasteiger partial charge on any atom is 0.0621 e. The quantitative estimate of drug-likeness (QED) is 0.853. The normalized spacial score (nSPS) is 19.4. The maximum absolute atomic E-state index is 6.17. The van der Waals surface area contributed by atoms with Crippen LogP contribution >= 0.6 is 11.6 Å². The Kier molecular flexibility index (Phi) is 3.50. The van der Waals surface area contributed by atoms with E-state index in [1.54, 1.807) is 6.20 Å². The summed E-state index contributed by atoms with van der Waals surface area (Å²) in [5.41, 5.74) is 1.56. The van der Waals surface area contributed by atoms with Gasteiger partial charge in [-0.05, 0) is 49.3 Å². The summed E-state index contributed by atoms with van der Waals surface area (Å²) < 4.78 is 0. The van der Waals surface area contributed by atoms with Crippen LogP contribution in [-0.4, -0.2) is 18.6 Å². The Bertz CT molecular complexity index is 363. The van der Waals surface area contributed by atoms with E-state index in [9.17, 15) is 0 Å². The van der Waals surface area contributed by atoms with Gasteiger partial charge in [0, 0.05) is 18.9 Å². The molecule has 0 amide bonds. The molecule has 0 radical (unpaired) electrons. The van der Waals surface area contributed by atoms with Crippen molar-refractivity contribution >= 4 is 11.6 Å². The minimum atomic E-state index is 0.333. The predicted octanol–water partition coefficient (Wildman–Crippen LogP) is 2.91. The standard InChI is InChI=1S/C13H19ClN2/c1-13(9-15-2,11-3-4-11)7-10-5-6-16-8-12(10)14/h5-6,8,11,15H,3-4,7,9H2,1-2H3. The molecular weight excluding hydrogens is 220 g/mol.